The first-order chi connectivity index (χ1) is 15.9. The molecule has 0 aliphatic carbocycles. The van der Waals surface area contributed by atoms with Gasteiger partial charge in [0.1, 0.15) is 11.3 Å². The highest BCUT2D eigenvalue weighted by molar-refractivity contribution is 7.16. The molecule has 0 fully saturated rings. The Hall–Kier alpha value is -4.18. The number of thiazole rings is 1. The number of nitrogens with zero attached hydrogens (tertiary/aromatic N) is 3. The van der Waals surface area contributed by atoms with Crippen molar-refractivity contribution < 1.29 is 18.7 Å². The van der Waals surface area contributed by atoms with E-state index in [2.05, 4.69) is 20.3 Å². The van der Waals surface area contributed by atoms with Crippen molar-refractivity contribution in [3.05, 3.63) is 82.7 Å². The van der Waals surface area contributed by atoms with E-state index in [-0.39, 0.29) is 29.5 Å². The molecule has 1 aromatic carbocycles. The van der Waals surface area contributed by atoms with E-state index in [9.17, 15) is 14.0 Å². The maximum Gasteiger partial charge on any atom is 0.254 e. The van der Waals surface area contributed by atoms with Gasteiger partial charge in [0, 0.05) is 17.3 Å². The molecule has 0 spiro atoms. The maximum atomic E-state index is 14.6. The van der Waals surface area contributed by atoms with Gasteiger partial charge in [-0.2, -0.15) is 0 Å². The third kappa shape index (κ3) is 5.18. The van der Waals surface area contributed by atoms with E-state index in [0.29, 0.717) is 16.4 Å². The highest BCUT2D eigenvalue weighted by atomic mass is 32.1. The van der Waals surface area contributed by atoms with E-state index in [1.807, 2.05) is 25.1 Å². The molecule has 4 rings (SSSR count). The number of carbonyl (C=O) groups excluding carboxylic acids is 2. The normalized spacial score (nSPS) is 10.6. The van der Waals surface area contributed by atoms with E-state index in [0.717, 1.165) is 10.6 Å². The van der Waals surface area contributed by atoms with E-state index in [4.69, 9.17) is 10.5 Å². The van der Waals surface area contributed by atoms with Gasteiger partial charge in [-0.1, -0.05) is 12.1 Å². The van der Waals surface area contributed by atoms with Crippen LogP contribution in [0.3, 0.4) is 0 Å². The molecule has 0 unspecified atom stereocenters. The fraction of sp³-hybridized carbons (Fsp3) is 0.0870. The Balaban J connectivity index is 1.43. The lowest BCUT2D eigenvalue weighted by Gasteiger charge is -2.09. The van der Waals surface area contributed by atoms with Crippen molar-refractivity contribution in [2.75, 3.05) is 5.32 Å². The number of aryl methyl sites for hydroxylation is 1. The Morgan fingerprint density at radius 1 is 1.12 bits per heavy atom. The molecule has 0 aliphatic heterocycles. The minimum Gasteiger partial charge on any atom is -0.435 e. The molecular weight excluding hydrogens is 445 g/mol. The molecule has 0 saturated heterocycles. The first kappa shape index (κ1) is 22.0. The number of ether oxygens (including phenoxy) is 1. The fourth-order valence-electron chi connectivity index (χ4n) is 3.04. The molecule has 8 nitrogen and oxygen atoms in total. The van der Waals surface area contributed by atoms with Crippen LogP contribution >= 0.6 is 11.3 Å². The molecule has 3 N–H and O–H groups in total. The highest BCUT2D eigenvalue weighted by Crippen LogP contribution is 2.29. The summed E-state index contributed by atoms with van der Waals surface area (Å²) >= 11 is 1.34. The standard InChI is InChI=1S/C23H18FN5O3S/c1-13-20(17-6-2-3-9-26-17)29-23(33-13)28-19(30)12-14-7-8-18(16(24)11-14)32-22-15(21(25)31)5-4-10-27-22/h2-11H,12H2,1H3,(H2,25,31)(H,28,29,30). The summed E-state index contributed by atoms with van der Waals surface area (Å²) in [6.45, 7) is 1.90. The van der Waals surface area contributed by atoms with Crippen LogP contribution in [0.4, 0.5) is 9.52 Å². The molecule has 10 heteroatoms. The lowest BCUT2D eigenvalue weighted by Crippen LogP contribution is -2.14. The van der Waals surface area contributed by atoms with E-state index in [1.165, 1.54) is 41.8 Å². The van der Waals surface area contributed by atoms with Gasteiger partial charge in [-0.05, 0) is 48.9 Å². The number of benzene rings is 1. The molecule has 3 heterocycles. The van der Waals surface area contributed by atoms with Crippen molar-refractivity contribution in [1.29, 1.82) is 0 Å². The summed E-state index contributed by atoms with van der Waals surface area (Å²) in [6, 6.07) is 12.6. The van der Waals surface area contributed by atoms with Gasteiger partial charge in [0.2, 0.25) is 11.8 Å². The van der Waals surface area contributed by atoms with Crippen molar-refractivity contribution >= 4 is 28.3 Å². The summed E-state index contributed by atoms with van der Waals surface area (Å²) in [4.78, 5) is 37.5. The molecule has 0 saturated carbocycles. The van der Waals surface area contributed by atoms with Gasteiger partial charge in [-0.3, -0.25) is 14.6 Å². The monoisotopic (exact) mass is 463 g/mol. The van der Waals surface area contributed by atoms with Crippen LogP contribution in [0.15, 0.2) is 60.9 Å². The van der Waals surface area contributed by atoms with Gasteiger partial charge in [0.05, 0.1) is 12.1 Å². The minimum atomic E-state index is -0.740. The van der Waals surface area contributed by atoms with Gasteiger partial charge in [0.15, 0.2) is 16.7 Å². The van der Waals surface area contributed by atoms with Crippen LogP contribution in [0.2, 0.25) is 0 Å². The number of carbonyl (C=O) groups is 2. The third-order valence-corrected chi connectivity index (χ3v) is 5.44. The van der Waals surface area contributed by atoms with Gasteiger partial charge >= 0.3 is 0 Å². The number of pyridine rings is 2. The molecule has 0 radical (unpaired) electrons. The third-order valence-electron chi connectivity index (χ3n) is 4.55. The van der Waals surface area contributed by atoms with Crippen LogP contribution in [-0.2, 0) is 11.2 Å². The van der Waals surface area contributed by atoms with E-state index >= 15 is 0 Å². The number of aromatic nitrogens is 3. The smallest absolute Gasteiger partial charge is 0.254 e. The maximum absolute atomic E-state index is 14.6. The summed E-state index contributed by atoms with van der Waals surface area (Å²) in [5.74, 6) is -2.03. The van der Waals surface area contributed by atoms with E-state index in [1.54, 1.807) is 12.3 Å². The Kier molecular flexibility index (Phi) is 6.36. The minimum absolute atomic E-state index is 0.0316. The Morgan fingerprint density at radius 3 is 2.67 bits per heavy atom. The molecule has 166 valence electrons. The average molecular weight is 463 g/mol. The van der Waals surface area contributed by atoms with Crippen molar-refractivity contribution in [2.24, 2.45) is 5.73 Å². The topological polar surface area (TPSA) is 120 Å². The Morgan fingerprint density at radius 2 is 1.94 bits per heavy atom. The zero-order chi connectivity index (χ0) is 23.4. The van der Waals surface area contributed by atoms with Crippen molar-refractivity contribution in [3.63, 3.8) is 0 Å². The Labute approximate surface area is 192 Å². The van der Waals surface area contributed by atoms with Crippen molar-refractivity contribution in [1.82, 2.24) is 15.0 Å². The number of hydrogen-bond donors (Lipinski definition) is 2. The summed E-state index contributed by atoms with van der Waals surface area (Å²) in [7, 11) is 0. The summed E-state index contributed by atoms with van der Waals surface area (Å²) < 4.78 is 20.0. The van der Waals surface area contributed by atoms with Crippen LogP contribution in [0, 0.1) is 12.7 Å². The second-order valence-corrected chi connectivity index (χ2v) is 8.15. The summed E-state index contributed by atoms with van der Waals surface area (Å²) in [6.07, 6.45) is 3.01. The van der Waals surface area contributed by atoms with Gasteiger partial charge in [-0.25, -0.2) is 14.4 Å². The lowest BCUT2D eigenvalue weighted by atomic mass is 10.1. The predicted molar refractivity (Wildman–Crippen MR) is 122 cm³/mol. The number of nitrogens with two attached hydrogens (primary N) is 1. The van der Waals surface area contributed by atoms with Gasteiger partial charge in [0.25, 0.3) is 5.91 Å². The molecule has 0 aliphatic rings. The number of halogens is 1. The zero-order valence-corrected chi connectivity index (χ0v) is 18.2. The van der Waals surface area contributed by atoms with Crippen LogP contribution in [-0.4, -0.2) is 26.8 Å². The predicted octanol–water partition coefficient (Wildman–Crippen LogP) is 4.12. The number of rotatable bonds is 7. The summed E-state index contributed by atoms with van der Waals surface area (Å²) in [5, 5.41) is 3.18. The lowest BCUT2D eigenvalue weighted by molar-refractivity contribution is -0.115. The van der Waals surface area contributed by atoms with Crippen LogP contribution in [0.25, 0.3) is 11.4 Å². The second-order valence-electron chi connectivity index (χ2n) is 6.95. The number of amides is 2. The largest absolute Gasteiger partial charge is 0.435 e. The average Bonchev–Trinajstić information content (AvgIpc) is 3.16. The van der Waals surface area contributed by atoms with Gasteiger partial charge in [-0.15, -0.1) is 11.3 Å². The van der Waals surface area contributed by atoms with Crippen LogP contribution in [0.1, 0.15) is 20.8 Å². The molecular formula is C23H18FN5O3S. The highest BCUT2D eigenvalue weighted by Gasteiger charge is 2.16. The molecule has 2 amide bonds. The number of anilines is 1. The number of nitrogens with one attached hydrogen (secondary N) is 1. The zero-order valence-electron chi connectivity index (χ0n) is 17.4. The molecule has 33 heavy (non-hydrogen) atoms. The van der Waals surface area contributed by atoms with Crippen molar-refractivity contribution in [3.8, 4) is 23.0 Å². The van der Waals surface area contributed by atoms with E-state index < -0.39 is 11.7 Å². The first-order valence-corrected chi connectivity index (χ1v) is 10.6. The quantitative estimate of drug-likeness (QED) is 0.425. The fourth-order valence-corrected chi connectivity index (χ4v) is 3.88. The SMILES string of the molecule is Cc1sc(NC(=O)Cc2ccc(Oc3ncccc3C(N)=O)c(F)c2)nc1-c1ccccn1. The molecule has 0 bridgehead atoms. The number of primary amides is 1. The molecule has 4 aromatic rings. The Bertz CT molecular complexity index is 1330. The molecule has 0 atom stereocenters. The first-order valence-electron chi connectivity index (χ1n) is 9.80. The number of hydrogen-bond acceptors (Lipinski definition) is 7. The van der Waals surface area contributed by atoms with Gasteiger partial charge < -0.3 is 15.8 Å². The summed E-state index contributed by atoms with van der Waals surface area (Å²) in [5.41, 5.74) is 7.18. The second kappa shape index (κ2) is 9.53. The van der Waals surface area contributed by atoms with Crippen molar-refractivity contribution in [2.45, 2.75) is 13.3 Å². The molecule has 3 aromatic heterocycles. The van der Waals surface area contributed by atoms with Crippen LogP contribution < -0.4 is 15.8 Å². The van der Waals surface area contributed by atoms with Crippen LogP contribution in [0.5, 0.6) is 11.6 Å².